The number of fused-ring (bicyclic) bond motifs is 1. The van der Waals surface area contributed by atoms with Crippen LogP contribution in [0.15, 0.2) is 24.3 Å². The molecule has 1 unspecified atom stereocenters. The summed E-state index contributed by atoms with van der Waals surface area (Å²) < 4.78 is 1.28. The molecule has 1 fully saturated rings. The zero-order valence-electron chi connectivity index (χ0n) is 12.7. The number of hydrogen-bond acceptors (Lipinski definition) is 5. The van der Waals surface area contributed by atoms with Crippen molar-refractivity contribution in [3.05, 3.63) is 24.3 Å². The van der Waals surface area contributed by atoms with Crippen LogP contribution in [0.4, 0.5) is 5.13 Å². The van der Waals surface area contributed by atoms with E-state index in [4.69, 9.17) is 10.7 Å². The molecule has 0 saturated carbocycles. The van der Waals surface area contributed by atoms with Gasteiger partial charge in [-0.1, -0.05) is 36.8 Å². The van der Waals surface area contributed by atoms with Crippen molar-refractivity contribution >= 4 is 26.7 Å². The van der Waals surface area contributed by atoms with Crippen LogP contribution < -0.4 is 10.6 Å². The van der Waals surface area contributed by atoms with Gasteiger partial charge in [0, 0.05) is 38.8 Å². The van der Waals surface area contributed by atoms with Crippen LogP contribution in [0.3, 0.4) is 0 Å². The summed E-state index contributed by atoms with van der Waals surface area (Å²) in [5, 5.41) is 1.16. The van der Waals surface area contributed by atoms with Crippen LogP contribution in [0.5, 0.6) is 0 Å². The van der Waals surface area contributed by atoms with E-state index in [1.807, 2.05) is 0 Å². The fourth-order valence-electron chi connectivity index (χ4n) is 3.06. The minimum absolute atomic E-state index is 0.549. The molecule has 2 heterocycles. The fraction of sp³-hybridized carbons (Fsp3) is 0.562. The van der Waals surface area contributed by atoms with Crippen molar-refractivity contribution in [1.29, 1.82) is 0 Å². The van der Waals surface area contributed by atoms with Crippen molar-refractivity contribution in [2.24, 2.45) is 5.73 Å². The number of benzene rings is 1. The second-order valence-electron chi connectivity index (χ2n) is 5.67. The summed E-state index contributed by atoms with van der Waals surface area (Å²) in [6.07, 6.45) is 2.41. The summed E-state index contributed by atoms with van der Waals surface area (Å²) in [5.74, 6) is 0. The predicted molar refractivity (Wildman–Crippen MR) is 91.2 cm³/mol. The van der Waals surface area contributed by atoms with Gasteiger partial charge in [-0.25, -0.2) is 4.98 Å². The van der Waals surface area contributed by atoms with Crippen LogP contribution in [-0.2, 0) is 0 Å². The quantitative estimate of drug-likeness (QED) is 0.922. The van der Waals surface area contributed by atoms with E-state index in [9.17, 15) is 0 Å². The molecule has 0 aliphatic carbocycles. The van der Waals surface area contributed by atoms with E-state index in [2.05, 4.69) is 41.0 Å². The molecule has 1 aromatic carbocycles. The highest BCUT2D eigenvalue weighted by Crippen LogP contribution is 2.29. The Balaban J connectivity index is 1.65. The first kappa shape index (κ1) is 14.8. The number of piperazine rings is 1. The summed E-state index contributed by atoms with van der Waals surface area (Å²) in [7, 11) is 0. The molecule has 21 heavy (non-hydrogen) atoms. The molecule has 1 saturated heterocycles. The van der Waals surface area contributed by atoms with Crippen molar-refractivity contribution in [2.45, 2.75) is 25.8 Å². The number of aromatic nitrogens is 1. The van der Waals surface area contributed by atoms with Crippen LogP contribution in [0, 0.1) is 0 Å². The van der Waals surface area contributed by atoms with E-state index >= 15 is 0 Å². The third kappa shape index (κ3) is 3.20. The summed E-state index contributed by atoms with van der Waals surface area (Å²) >= 11 is 1.80. The molecular formula is C16H24N4S. The van der Waals surface area contributed by atoms with Gasteiger partial charge in [-0.15, -0.1) is 0 Å². The lowest BCUT2D eigenvalue weighted by molar-refractivity contribution is 0.179. The minimum atomic E-state index is 0.549. The molecule has 4 nitrogen and oxygen atoms in total. The zero-order chi connectivity index (χ0) is 14.7. The number of nitrogens with zero attached hydrogens (tertiary/aromatic N) is 3. The standard InChI is InChI=1S/C16H24N4S/c1-2-5-13(12-17)19-8-10-20(11-9-19)16-18-14-6-3-4-7-15(14)21-16/h3-4,6-7,13H,2,5,8-12,17H2,1H3. The van der Waals surface area contributed by atoms with Gasteiger partial charge in [-0.2, -0.15) is 0 Å². The minimum Gasteiger partial charge on any atom is -0.345 e. The van der Waals surface area contributed by atoms with Gasteiger partial charge in [0.15, 0.2) is 5.13 Å². The maximum absolute atomic E-state index is 5.92. The van der Waals surface area contributed by atoms with E-state index in [0.29, 0.717) is 6.04 Å². The molecule has 1 aliphatic rings. The Morgan fingerprint density at radius 2 is 2.00 bits per heavy atom. The van der Waals surface area contributed by atoms with E-state index in [-0.39, 0.29) is 0 Å². The Labute approximate surface area is 130 Å². The molecule has 0 bridgehead atoms. The summed E-state index contributed by atoms with van der Waals surface area (Å²) in [5.41, 5.74) is 7.04. The summed E-state index contributed by atoms with van der Waals surface area (Å²) in [4.78, 5) is 9.73. The molecular weight excluding hydrogens is 280 g/mol. The van der Waals surface area contributed by atoms with Crippen molar-refractivity contribution in [1.82, 2.24) is 9.88 Å². The molecule has 5 heteroatoms. The lowest BCUT2D eigenvalue weighted by atomic mass is 10.1. The fourth-order valence-corrected chi connectivity index (χ4v) is 4.07. The van der Waals surface area contributed by atoms with Crippen molar-refractivity contribution < 1.29 is 0 Å². The number of nitrogens with two attached hydrogens (primary N) is 1. The molecule has 2 N–H and O–H groups in total. The Bertz CT molecular complexity index is 541. The Hall–Kier alpha value is -1.17. The molecule has 0 spiro atoms. The van der Waals surface area contributed by atoms with Gasteiger partial charge in [0.2, 0.25) is 0 Å². The first-order valence-electron chi connectivity index (χ1n) is 7.86. The monoisotopic (exact) mass is 304 g/mol. The van der Waals surface area contributed by atoms with Gasteiger partial charge >= 0.3 is 0 Å². The number of rotatable bonds is 5. The first-order chi connectivity index (χ1) is 10.3. The molecule has 1 aliphatic heterocycles. The maximum Gasteiger partial charge on any atom is 0.186 e. The predicted octanol–water partition coefficient (Wildman–Crippen LogP) is 2.55. The summed E-state index contributed by atoms with van der Waals surface area (Å²) in [6.45, 7) is 7.31. The molecule has 0 radical (unpaired) electrons. The molecule has 1 atom stereocenters. The van der Waals surface area contributed by atoms with Crippen LogP contribution in [0.25, 0.3) is 10.2 Å². The Morgan fingerprint density at radius 1 is 1.24 bits per heavy atom. The van der Waals surface area contributed by atoms with Gasteiger partial charge < -0.3 is 10.6 Å². The van der Waals surface area contributed by atoms with E-state index in [1.54, 1.807) is 11.3 Å². The van der Waals surface area contributed by atoms with Gasteiger partial charge in [0.25, 0.3) is 0 Å². The van der Waals surface area contributed by atoms with Gasteiger partial charge in [0.1, 0.15) is 0 Å². The number of hydrogen-bond donors (Lipinski definition) is 1. The Kier molecular flexibility index (Phi) is 4.73. The average molecular weight is 304 g/mol. The van der Waals surface area contributed by atoms with Gasteiger partial charge in [-0.05, 0) is 18.6 Å². The number of anilines is 1. The van der Waals surface area contributed by atoms with Crippen molar-refractivity contribution in [3.8, 4) is 0 Å². The zero-order valence-corrected chi connectivity index (χ0v) is 13.5. The largest absolute Gasteiger partial charge is 0.345 e. The van der Waals surface area contributed by atoms with E-state index in [0.717, 1.165) is 43.4 Å². The van der Waals surface area contributed by atoms with Gasteiger partial charge in [-0.3, -0.25) is 4.90 Å². The molecule has 114 valence electrons. The van der Waals surface area contributed by atoms with Gasteiger partial charge in [0.05, 0.1) is 10.2 Å². The highest BCUT2D eigenvalue weighted by Gasteiger charge is 2.23. The molecule has 3 rings (SSSR count). The van der Waals surface area contributed by atoms with Crippen molar-refractivity contribution in [2.75, 3.05) is 37.6 Å². The highest BCUT2D eigenvalue weighted by atomic mass is 32.1. The number of thiazole rings is 1. The highest BCUT2D eigenvalue weighted by molar-refractivity contribution is 7.22. The summed E-state index contributed by atoms with van der Waals surface area (Å²) in [6, 6.07) is 8.93. The molecule has 1 aromatic heterocycles. The lowest BCUT2D eigenvalue weighted by Gasteiger charge is -2.38. The topological polar surface area (TPSA) is 45.4 Å². The van der Waals surface area contributed by atoms with E-state index in [1.165, 1.54) is 17.5 Å². The first-order valence-corrected chi connectivity index (χ1v) is 8.68. The van der Waals surface area contributed by atoms with Crippen LogP contribution in [0.1, 0.15) is 19.8 Å². The average Bonchev–Trinajstić information content (AvgIpc) is 2.97. The second-order valence-corrected chi connectivity index (χ2v) is 6.67. The third-order valence-corrected chi connectivity index (χ3v) is 5.37. The second kappa shape index (κ2) is 6.73. The Morgan fingerprint density at radius 3 is 2.67 bits per heavy atom. The smallest absolute Gasteiger partial charge is 0.186 e. The van der Waals surface area contributed by atoms with Crippen molar-refractivity contribution in [3.63, 3.8) is 0 Å². The normalized spacial score (nSPS) is 18.3. The van der Waals surface area contributed by atoms with E-state index < -0.39 is 0 Å². The van der Waals surface area contributed by atoms with Crippen LogP contribution in [-0.4, -0.2) is 48.6 Å². The number of para-hydroxylation sites is 1. The molecule has 2 aromatic rings. The van der Waals surface area contributed by atoms with Crippen LogP contribution >= 0.6 is 11.3 Å². The third-order valence-electron chi connectivity index (χ3n) is 4.28. The molecule has 0 amide bonds. The lowest BCUT2D eigenvalue weighted by Crippen LogP contribution is -2.52. The maximum atomic E-state index is 5.92. The van der Waals surface area contributed by atoms with Crippen LogP contribution in [0.2, 0.25) is 0 Å². The SMILES string of the molecule is CCCC(CN)N1CCN(c2nc3ccccc3s2)CC1.